The van der Waals surface area contributed by atoms with Gasteiger partial charge in [0, 0.05) is 31.4 Å². The molecule has 1 fully saturated rings. The minimum Gasteiger partial charge on any atom is -0.489 e. The van der Waals surface area contributed by atoms with Crippen LogP contribution in [-0.4, -0.2) is 61.5 Å². The molecule has 198 valence electrons. The number of benzene rings is 2. The summed E-state index contributed by atoms with van der Waals surface area (Å²) in [5.41, 5.74) is 2.42. The quantitative estimate of drug-likeness (QED) is 0.359. The second-order valence-corrected chi connectivity index (χ2v) is 11.3. The Kier molecular flexibility index (Phi) is 10.7. The largest absolute Gasteiger partial charge is 0.489 e. The first-order valence-corrected chi connectivity index (χ1v) is 13.7. The number of amides is 1. The molecule has 0 aromatic heterocycles. The lowest BCUT2D eigenvalue weighted by Crippen LogP contribution is -2.52. The minimum atomic E-state index is -0.0259. The van der Waals surface area contributed by atoms with Gasteiger partial charge in [-0.05, 0) is 81.4 Å². The van der Waals surface area contributed by atoms with E-state index in [9.17, 15) is 4.79 Å². The molecular weight excluding hydrogens is 446 g/mol. The number of rotatable bonds is 12. The topological polar surface area (TPSA) is 36.0 Å². The summed E-state index contributed by atoms with van der Waals surface area (Å²) in [5, 5.41) is 0. The molecule has 0 radical (unpaired) electrons. The summed E-state index contributed by atoms with van der Waals surface area (Å²) in [6.45, 7) is 12.3. The average Bonchev–Trinajstić information content (AvgIpc) is 2.87. The Morgan fingerprint density at radius 3 is 2.14 bits per heavy atom. The Balaban J connectivity index is 1.63. The maximum atomic E-state index is 13.3. The molecule has 2 aromatic rings. The first-order chi connectivity index (χ1) is 17.2. The molecule has 1 heterocycles. The van der Waals surface area contributed by atoms with Crippen LogP contribution in [0.1, 0.15) is 58.9 Å². The molecule has 0 bridgehead atoms. The number of carbonyl (C=O) groups is 1. The van der Waals surface area contributed by atoms with Crippen molar-refractivity contribution in [1.82, 2.24) is 9.80 Å². The highest BCUT2D eigenvalue weighted by Gasteiger charge is 2.32. The summed E-state index contributed by atoms with van der Waals surface area (Å²) in [5.74, 6) is 2.34. The second-order valence-electron chi connectivity index (χ2n) is 11.3. The summed E-state index contributed by atoms with van der Waals surface area (Å²) in [4.78, 5) is 20.1. The minimum absolute atomic E-state index is 0.0259. The van der Waals surface area contributed by atoms with E-state index >= 15 is 0 Å². The highest BCUT2D eigenvalue weighted by atomic mass is 16.5. The number of hydrogen-bond acceptors (Lipinski definition) is 4. The van der Waals surface area contributed by atoms with Gasteiger partial charge in [-0.3, -0.25) is 9.69 Å². The van der Waals surface area contributed by atoms with E-state index in [2.05, 4.69) is 78.8 Å². The standard InChI is InChI=1S/C31H47N3O2/c1-24(2)16-21-34(27-12-14-29(15-13-27)36-23-26-10-8-7-9-11-26)28-17-19-33(20-18-28)31(35)30(32(5)6)22-25(3)4/h7-15,24-25,28,30H,16-23H2,1-6H3. The van der Waals surface area contributed by atoms with Crippen LogP contribution < -0.4 is 9.64 Å². The van der Waals surface area contributed by atoms with E-state index in [1.54, 1.807) is 0 Å². The van der Waals surface area contributed by atoms with Gasteiger partial charge in [0.1, 0.15) is 12.4 Å². The van der Waals surface area contributed by atoms with Gasteiger partial charge in [0.15, 0.2) is 0 Å². The van der Waals surface area contributed by atoms with Gasteiger partial charge >= 0.3 is 0 Å². The molecular formula is C31H47N3O2. The summed E-state index contributed by atoms with van der Waals surface area (Å²) in [7, 11) is 4.05. The molecule has 1 unspecified atom stereocenters. The summed E-state index contributed by atoms with van der Waals surface area (Å²) >= 11 is 0. The van der Waals surface area contributed by atoms with Crippen molar-refractivity contribution < 1.29 is 9.53 Å². The Morgan fingerprint density at radius 1 is 0.944 bits per heavy atom. The molecule has 36 heavy (non-hydrogen) atoms. The number of likely N-dealkylation sites (N-methyl/N-ethyl adjacent to an activating group) is 1. The van der Waals surface area contributed by atoms with Crippen LogP contribution in [0.4, 0.5) is 5.69 Å². The van der Waals surface area contributed by atoms with E-state index < -0.39 is 0 Å². The first-order valence-electron chi connectivity index (χ1n) is 13.7. The normalized spacial score (nSPS) is 15.5. The number of nitrogens with zero attached hydrogens (tertiary/aromatic N) is 3. The van der Waals surface area contributed by atoms with Gasteiger partial charge < -0.3 is 14.5 Å². The van der Waals surface area contributed by atoms with Crippen LogP contribution in [-0.2, 0) is 11.4 Å². The van der Waals surface area contributed by atoms with Gasteiger partial charge in [-0.2, -0.15) is 0 Å². The number of piperidine rings is 1. The Labute approximate surface area is 219 Å². The van der Waals surface area contributed by atoms with Gasteiger partial charge in [0.25, 0.3) is 0 Å². The van der Waals surface area contributed by atoms with Crippen LogP contribution >= 0.6 is 0 Å². The van der Waals surface area contributed by atoms with E-state index in [4.69, 9.17) is 4.74 Å². The molecule has 1 aliphatic rings. The number of anilines is 1. The predicted molar refractivity (Wildman–Crippen MR) is 151 cm³/mol. The van der Waals surface area contributed by atoms with Gasteiger partial charge in [-0.1, -0.05) is 58.0 Å². The zero-order valence-corrected chi connectivity index (χ0v) is 23.3. The van der Waals surface area contributed by atoms with E-state index in [1.165, 1.54) is 11.3 Å². The fraction of sp³-hybridized carbons (Fsp3) is 0.581. The molecule has 3 rings (SSSR count). The van der Waals surface area contributed by atoms with E-state index in [0.717, 1.165) is 51.1 Å². The lowest BCUT2D eigenvalue weighted by Gasteiger charge is -2.41. The fourth-order valence-corrected chi connectivity index (χ4v) is 4.98. The second kappa shape index (κ2) is 13.7. The third-order valence-electron chi connectivity index (χ3n) is 7.18. The highest BCUT2D eigenvalue weighted by Crippen LogP contribution is 2.28. The third kappa shape index (κ3) is 8.26. The van der Waals surface area contributed by atoms with Crippen molar-refractivity contribution in [1.29, 1.82) is 0 Å². The van der Waals surface area contributed by atoms with E-state index in [-0.39, 0.29) is 6.04 Å². The molecule has 1 amide bonds. The lowest BCUT2D eigenvalue weighted by molar-refractivity contribution is -0.137. The highest BCUT2D eigenvalue weighted by molar-refractivity contribution is 5.82. The SMILES string of the molecule is CC(C)CCN(c1ccc(OCc2ccccc2)cc1)C1CCN(C(=O)C(CC(C)C)N(C)C)CC1. The van der Waals surface area contributed by atoms with Crippen LogP contribution in [0, 0.1) is 11.8 Å². The number of carbonyl (C=O) groups excluding carboxylic acids is 1. The van der Waals surface area contributed by atoms with Gasteiger partial charge in [-0.25, -0.2) is 0 Å². The zero-order valence-electron chi connectivity index (χ0n) is 23.3. The number of likely N-dealkylation sites (tertiary alicyclic amines) is 1. The Morgan fingerprint density at radius 2 is 1.58 bits per heavy atom. The van der Waals surface area contributed by atoms with Crippen LogP contribution in [0.15, 0.2) is 54.6 Å². The third-order valence-corrected chi connectivity index (χ3v) is 7.18. The molecule has 2 aromatic carbocycles. The molecule has 0 spiro atoms. The van der Waals surface area contributed by atoms with E-state index in [1.807, 2.05) is 32.3 Å². The van der Waals surface area contributed by atoms with Crippen LogP contribution in [0.2, 0.25) is 0 Å². The Hall–Kier alpha value is -2.53. The fourth-order valence-electron chi connectivity index (χ4n) is 4.98. The lowest BCUT2D eigenvalue weighted by atomic mass is 9.97. The first kappa shape index (κ1) is 28.0. The van der Waals surface area contributed by atoms with Crippen molar-refractivity contribution in [2.75, 3.05) is 38.6 Å². The zero-order chi connectivity index (χ0) is 26.1. The van der Waals surface area contributed by atoms with Crippen molar-refractivity contribution in [3.63, 3.8) is 0 Å². The molecule has 1 aliphatic heterocycles. The summed E-state index contributed by atoms with van der Waals surface area (Å²) < 4.78 is 6.01. The smallest absolute Gasteiger partial charge is 0.239 e. The Bertz CT molecular complexity index is 903. The molecule has 0 saturated carbocycles. The van der Waals surface area contributed by atoms with Crippen molar-refractivity contribution in [2.45, 2.75) is 72.1 Å². The average molecular weight is 494 g/mol. The van der Waals surface area contributed by atoms with Crippen LogP contribution in [0.5, 0.6) is 5.75 Å². The van der Waals surface area contributed by atoms with Gasteiger partial charge in [-0.15, -0.1) is 0 Å². The molecule has 1 atom stereocenters. The predicted octanol–water partition coefficient (Wildman–Crippen LogP) is 6.09. The maximum Gasteiger partial charge on any atom is 0.239 e. The van der Waals surface area contributed by atoms with Crippen molar-refractivity contribution in [2.24, 2.45) is 11.8 Å². The van der Waals surface area contributed by atoms with Crippen molar-refractivity contribution in [3.05, 3.63) is 60.2 Å². The maximum absolute atomic E-state index is 13.3. The van der Waals surface area contributed by atoms with Crippen LogP contribution in [0.3, 0.4) is 0 Å². The summed E-state index contributed by atoms with van der Waals surface area (Å²) in [6.07, 6.45) is 4.09. The van der Waals surface area contributed by atoms with Gasteiger partial charge in [0.2, 0.25) is 5.91 Å². The summed E-state index contributed by atoms with van der Waals surface area (Å²) in [6, 6.07) is 19.3. The van der Waals surface area contributed by atoms with Crippen LogP contribution in [0.25, 0.3) is 0 Å². The molecule has 0 aliphatic carbocycles. The van der Waals surface area contributed by atoms with Gasteiger partial charge in [0.05, 0.1) is 6.04 Å². The molecule has 5 nitrogen and oxygen atoms in total. The van der Waals surface area contributed by atoms with E-state index in [0.29, 0.717) is 30.4 Å². The monoisotopic (exact) mass is 493 g/mol. The van der Waals surface area contributed by atoms with Crippen molar-refractivity contribution >= 4 is 11.6 Å². The number of hydrogen-bond donors (Lipinski definition) is 0. The molecule has 5 heteroatoms. The van der Waals surface area contributed by atoms with Crippen molar-refractivity contribution in [3.8, 4) is 5.75 Å². The number of ether oxygens (including phenoxy) is 1. The molecule has 1 saturated heterocycles. The molecule has 0 N–H and O–H groups in total.